The highest BCUT2D eigenvalue weighted by molar-refractivity contribution is 8.00. The van der Waals surface area contributed by atoms with E-state index in [1.165, 1.54) is 53.3 Å². The minimum absolute atomic E-state index is 0.0133. The van der Waals surface area contributed by atoms with Crippen molar-refractivity contribution in [2.45, 2.75) is 62.4 Å². The fourth-order valence-corrected chi connectivity index (χ4v) is 6.46. The van der Waals surface area contributed by atoms with Crippen LogP contribution in [0.4, 0.5) is 5.82 Å². The van der Waals surface area contributed by atoms with Crippen LogP contribution in [0.5, 0.6) is 0 Å². The Bertz CT molecular complexity index is 1010. The van der Waals surface area contributed by atoms with Crippen molar-refractivity contribution in [2.75, 3.05) is 11.1 Å². The van der Waals surface area contributed by atoms with Crippen LogP contribution in [0.1, 0.15) is 55.0 Å². The second kappa shape index (κ2) is 7.83. The zero-order valence-electron chi connectivity index (χ0n) is 15.7. The predicted molar refractivity (Wildman–Crippen MR) is 113 cm³/mol. The van der Waals surface area contributed by atoms with E-state index in [0.29, 0.717) is 11.8 Å². The minimum Gasteiger partial charge on any atom is -0.310 e. The molecule has 1 N–H and O–H groups in total. The Morgan fingerprint density at radius 2 is 2.07 bits per heavy atom. The molecule has 3 aromatic heterocycles. The third-order valence-corrected chi connectivity index (χ3v) is 7.85. The molecule has 0 saturated heterocycles. The van der Waals surface area contributed by atoms with Gasteiger partial charge in [0.1, 0.15) is 22.0 Å². The van der Waals surface area contributed by atoms with Gasteiger partial charge >= 0.3 is 0 Å². The number of aromatic nitrogens is 4. The summed E-state index contributed by atoms with van der Waals surface area (Å²) in [6.45, 7) is 0. The number of amides is 1. The zero-order valence-corrected chi connectivity index (χ0v) is 17.3. The molecule has 0 aromatic carbocycles. The number of hydrogen-bond donors (Lipinski definition) is 1. The molecular formula is C20H23N5OS2. The topological polar surface area (TPSA) is 72.7 Å². The van der Waals surface area contributed by atoms with Crippen molar-refractivity contribution in [1.29, 1.82) is 0 Å². The molecule has 8 heteroatoms. The number of rotatable bonds is 5. The summed E-state index contributed by atoms with van der Waals surface area (Å²) in [6, 6.07) is 2.30. The summed E-state index contributed by atoms with van der Waals surface area (Å²) in [4.78, 5) is 24.1. The molecule has 2 aliphatic carbocycles. The van der Waals surface area contributed by atoms with Crippen LogP contribution in [0.15, 0.2) is 23.6 Å². The summed E-state index contributed by atoms with van der Waals surface area (Å²) < 4.78 is 1.98. The highest BCUT2D eigenvalue weighted by atomic mass is 32.2. The fourth-order valence-electron chi connectivity index (χ4n) is 4.34. The summed E-state index contributed by atoms with van der Waals surface area (Å²) in [7, 11) is 0. The van der Waals surface area contributed by atoms with Crippen LogP contribution >= 0.6 is 23.1 Å². The third-order valence-electron chi connectivity index (χ3n) is 5.66. The third kappa shape index (κ3) is 3.43. The first-order valence-corrected chi connectivity index (χ1v) is 11.8. The molecule has 1 fully saturated rings. The first-order valence-electron chi connectivity index (χ1n) is 10.0. The molecule has 0 aliphatic heterocycles. The van der Waals surface area contributed by atoms with E-state index in [4.69, 9.17) is 0 Å². The van der Waals surface area contributed by atoms with E-state index < -0.39 is 0 Å². The van der Waals surface area contributed by atoms with Gasteiger partial charge in [-0.15, -0.1) is 11.3 Å². The largest absolute Gasteiger partial charge is 0.310 e. The van der Waals surface area contributed by atoms with Gasteiger partial charge in [0.15, 0.2) is 0 Å². The normalized spacial score (nSPS) is 17.1. The van der Waals surface area contributed by atoms with Gasteiger partial charge in [-0.05, 0) is 44.1 Å². The number of nitrogens with zero attached hydrogens (tertiary/aromatic N) is 4. The van der Waals surface area contributed by atoms with Crippen molar-refractivity contribution in [3.8, 4) is 0 Å². The summed E-state index contributed by atoms with van der Waals surface area (Å²) in [5, 5.41) is 9.58. The SMILES string of the molecule is O=C(CSc1ncnc2sc3c(c12)CCCC3)Nc1ccnn1C1CCCC1. The Morgan fingerprint density at radius 1 is 1.21 bits per heavy atom. The number of hydrogen-bond acceptors (Lipinski definition) is 6. The number of carbonyl (C=O) groups excluding carboxylic acids is 1. The maximum Gasteiger partial charge on any atom is 0.235 e. The number of thioether (sulfide) groups is 1. The van der Waals surface area contributed by atoms with Crippen LogP contribution < -0.4 is 5.32 Å². The lowest BCUT2D eigenvalue weighted by Gasteiger charge is -2.14. The maximum absolute atomic E-state index is 12.6. The van der Waals surface area contributed by atoms with Crippen molar-refractivity contribution in [3.05, 3.63) is 29.0 Å². The van der Waals surface area contributed by atoms with E-state index in [2.05, 4.69) is 20.4 Å². The van der Waals surface area contributed by atoms with Gasteiger partial charge in [0.2, 0.25) is 5.91 Å². The summed E-state index contributed by atoms with van der Waals surface area (Å²) in [5.74, 6) is 1.13. The fraction of sp³-hybridized carbons (Fsp3) is 0.500. The van der Waals surface area contributed by atoms with Crippen molar-refractivity contribution in [1.82, 2.24) is 19.7 Å². The molecule has 1 saturated carbocycles. The van der Waals surface area contributed by atoms with E-state index in [1.807, 2.05) is 10.7 Å². The van der Waals surface area contributed by atoms with Gasteiger partial charge in [0.05, 0.1) is 18.0 Å². The Hall–Kier alpha value is -1.93. The number of fused-ring (bicyclic) bond motifs is 3. The number of carbonyl (C=O) groups is 1. The second-order valence-electron chi connectivity index (χ2n) is 7.51. The Balaban J connectivity index is 1.30. The molecule has 0 bridgehead atoms. The van der Waals surface area contributed by atoms with Gasteiger partial charge in [-0.1, -0.05) is 24.6 Å². The molecule has 3 aromatic rings. The highest BCUT2D eigenvalue weighted by Crippen LogP contribution is 2.39. The van der Waals surface area contributed by atoms with Crippen LogP contribution in [-0.2, 0) is 17.6 Å². The Morgan fingerprint density at radius 3 is 2.96 bits per heavy atom. The van der Waals surface area contributed by atoms with E-state index in [9.17, 15) is 4.79 Å². The van der Waals surface area contributed by atoms with E-state index in [-0.39, 0.29) is 5.91 Å². The molecule has 1 amide bonds. The minimum atomic E-state index is -0.0133. The van der Waals surface area contributed by atoms with Crippen molar-refractivity contribution < 1.29 is 4.79 Å². The van der Waals surface area contributed by atoms with Crippen molar-refractivity contribution in [3.63, 3.8) is 0 Å². The van der Waals surface area contributed by atoms with Crippen LogP contribution in [-0.4, -0.2) is 31.4 Å². The number of nitrogens with one attached hydrogen (secondary N) is 1. The van der Waals surface area contributed by atoms with Crippen LogP contribution in [0, 0.1) is 0 Å². The van der Waals surface area contributed by atoms with Gasteiger partial charge in [0, 0.05) is 16.3 Å². The molecule has 28 heavy (non-hydrogen) atoms. The number of aryl methyl sites for hydroxylation is 2. The number of thiophene rings is 1. The lowest BCUT2D eigenvalue weighted by molar-refractivity contribution is -0.113. The molecule has 2 aliphatic rings. The monoisotopic (exact) mass is 413 g/mol. The standard InChI is InChI=1S/C20H23N5OS2/c26-17(24-16-9-10-23-25(16)13-5-1-2-6-13)11-27-19-18-14-7-3-4-8-15(14)28-20(18)22-12-21-19/h9-10,12-13H,1-8,11H2,(H,24,26). The summed E-state index contributed by atoms with van der Waals surface area (Å²) >= 11 is 3.30. The molecular weight excluding hydrogens is 390 g/mol. The summed E-state index contributed by atoms with van der Waals surface area (Å²) in [6.07, 6.45) is 12.9. The molecule has 0 radical (unpaired) electrons. The zero-order chi connectivity index (χ0) is 18.9. The molecule has 3 heterocycles. The molecule has 0 spiro atoms. The van der Waals surface area contributed by atoms with Gasteiger partial charge in [0.25, 0.3) is 0 Å². The second-order valence-corrected chi connectivity index (χ2v) is 9.55. The first kappa shape index (κ1) is 18.1. The lowest BCUT2D eigenvalue weighted by atomic mass is 9.97. The van der Waals surface area contributed by atoms with Gasteiger partial charge < -0.3 is 5.32 Å². The Kier molecular flexibility index (Phi) is 5.07. The van der Waals surface area contributed by atoms with E-state index in [1.54, 1.807) is 23.9 Å². The summed E-state index contributed by atoms with van der Waals surface area (Å²) in [5.41, 5.74) is 1.41. The molecule has 0 atom stereocenters. The van der Waals surface area contributed by atoms with Crippen LogP contribution in [0.25, 0.3) is 10.2 Å². The smallest absolute Gasteiger partial charge is 0.235 e. The number of anilines is 1. The average molecular weight is 414 g/mol. The maximum atomic E-state index is 12.6. The van der Waals surface area contributed by atoms with Crippen molar-refractivity contribution in [2.24, 2.45) is 0 Å². The molecule has 5 rings (SSSR count). The van der Waals surface area contributed by atoms with Gasteiger partial charge in [-0.25, -0.2) is 14.6 Å². The highest BCUT2D eigenvalue weighted by Gasteiger charge is 2.22. The first-order chi connectivity index (χ1) is 13.8. The van der Waals surface area contributed by atoms with E-state index >= 15 is 0 Å². The predicted octanol–water partition coefficient (Wildman–Crippen LogP) is 4.61. The lowest BCUT2D eigenvalue weighted by Crippen LogP contribution is -2.19. The van der Waals surface area contributed by atoms with E-state index in [0.717, 1.165) is 41.4 Å². The van der Waals surface area contributed by atoms with Crippen LogP contribution in [0.2, 0.25) is 0 Å². The van der Waals surface area contributed by atoms with Crippen LogP contribution in [0.3, 0.4) is 0 Å². The Labute approximate surface area is 172 Å². The average Bonchev–Trinajstić information content (AvgIpc) is 3.45. The molecule has 6 nitrogen and oxygen atoms in total. The quantitative estimate of drug-likeness (QED) is 0.488. The van der Waals surface area contributed by atoms with Crippen molar-refractivity contribution >= 4 is 45.0 Å². The van der Waals surface area contributed by atoms with Gasteiger partial charge in [-0.2, -0.15) is 5.10 Å². The molecule has 146 valence electrons. The van der Waals surface area contributed by atoms with Gasteiger partial charge in [-0.3, -0.25) is 4.79 Å². The molecule has 0 unspecified atom stereocenters.